The highest BCUT2D eigenvalue weighted by Gasteiger charge is 2.10. The second-order valence-electron chi connectivity index (χ2n) is 3.57. The van der Waals surface area contributed by atoms with Gasteiger partial charge in [-0.2, -0.15) is 0 Å². The molecule has 0 aliphatic heterocycles. The van der Waals surface area contributed by atoms with Crippen LogP contribution in [0, 0.1) is 0 Å². The van der Waals surface area contributed by atoms with Crippen molar-refractivity contribution in [1.82, 2.24) is 0 Å². The van der Waals surface area contributed by atoms with E-state index in [4.69, 9.17) is 11.5 Å². The van der Waals surface area contributed by atoms with Crippen molar-refractivity contribution in [2.75, 3.05) is 11.1 Å². The zero-order valence-corrected chi connectivity index (χ0v) is 9.96. The number of nitrogens with two attached hydrogens (primary N) is 2. The smallest absolute Gasteiger partial charge is 0.250 e. The highest BCUT2D eigenvalue weighted by atomic mass is 32.1. The van der Waals surface area contributed by atoms with E-state index in [0.717, 1.165) is 0 Å². The van der Waals surface area contributed by atoms with E-state index >= 15 is 0 Å². The van der Waals surface area contributed by atoms with Crippen LogP contribution in [0.5, 0.6) is 0 Å². The van der Waals surface area contributed by atoms with Crippen molar-refractivity contribution in [3.05, 3.63) is 46.2 Å². The Hall–Kier alpha value is -2.01. The maximum Gasteiger partial charge on any atom is 0.250 e. The fourth-order valence-corrected chi connectivity index (χ4v) is 2.21. The highest BCUT2D eigenvalue weighted by molar-refractivity contribution is 7.09. The molecule has 0 saturated carbocycles. The van der Waals surface area contributed by atoms with Gasteiger partial charge >= 0.3 is 0 Å². The normalized spacial score (nSPS) is 10.1. The maximum absolute atomic E-state index is 11.3. The fraction of sp³-hybridized carbons (Fsp3) is 0.0833. The van der Waals surface area contributed by atoms with Crippen LogP contribution in [0.15, 0.2) is 35.7 Å². The molecular formula is C12H13N3OS. The first-order chi connectivity index (χ1) is 8.18. The molecule has 5 heteroatoms. The van der Waals surface area contributed by atoms with Gasteiger partial charge in [-0.3, -0.25) is 4.79 Å². The number of thiophene rings is 1. The van der Waals surface area contributed by atoms with Crippen molar-refractivity contribution >= 4 is 28.6 Å². The average Bonchev–Trinajstić information content (AvgIpc) is 2.80. The molecule has 0 unspecified atom stereocenters. The molecule has 4 nitrogen and oxygen atoms in total. The van der Waals surface area contributed by atoms with Crippen molar-refractivity contribution in [2.45, 2.75) is 6.54 Å². The third-order valence-electron chi connectivity index (χ3n) is 2.38. The van der Waals surface area contributed by atoms with Gasteiger partial charge < -0.3 is 16.8 Å². The van der Waals surface area contributed by atoms with Crippen LogP contribution in [0.3, 0.4) is 0 Å². The van der Waals surface area contributed by atoms with E-state index in [1.165, 1.54) is 4.88 Å². The maximum atomic E-state index is 11.3. The van der Waals surface area contributed by atoms with Gasteiger partial charge in [-0.15, -0.1) is 11.3 Å². The van der Waals surface area contributed by atoms with Gasteiger partial charge in [0.15, 0.2) is 0 Å². The SMILES string of the molecule is NC(=O)c1cccc(N)c1NCc1cccs1. The van der Waals surface area contributed by atoms with E-state index in [2.05, 4.69) is 5.32 Å². The third-order valence-corrected chi connectivity index (χ3v) is 3.26. The topological polar surface area (TPSA) is 81.1 Å². The van der Waals surface area contributed by atoms with Crippen LogP contribution in [0.4, 0.5) is 11.4 Å². The standard InChI is InChI=1S/C12H13N3OS/c13-10-5-1-4-9(12(14)16)11(10)15-7-8-3-2-6-17-8/h1-6,15H,7,13H2,(H2,14,16). The number of nitrogens with one attached hydrogen (secondary N) is 1. The van der Waals surface area contributed by atoms with Crippen molar-refractivity contribution in [3.63, 3.8) is 0 Å². The Bertz CT molecular complexity index is 523. The Morgan fingerprint density at radius 2 is 2.12 bits per heavy atom. The molecule has 0 spiro atoms. The molecule has 0 radical (unpaired) electrons. The summed E-state index contributed by atoms with van der Waals surface area (Å²) in [4.78, 5) is 12.4. The molecule has 1 aromatic carbocycles. The van der Waals surface area contributed by atoms with Crippen LogP contribution in [0.25, 0.3) is 0 Å². The second-order valence-corrected chi connectivity index (χ2v) is 4.60. The molecule has 0 aliphatic rings. The van der Waals surface area contributed by atoms with E-state index in [1.807, 2.05) is 17.5 Å². The van der Waals surface area contributed by atoms with Gasteiger partial charge in [0.1, 0.15) is 0 Å². The molecule has 5 N–H and O–H groups in total. The summed E-state index contributed by atoms with van der Waals surface area (Å²) >= 11 is 1.64. The van der Waals surface area contributed by atoms with E-state index in [0.29, 0.717) is 23.5 Å². The lowest BCUT2D eigenvalue weighted by Gasteiger charge is -2.11. The number of carbonyl (C=O) groups is 1. The van der Waals surface area contributed by atoms with Crippen molar-refractivity contribution in [3.8, 4) is 0 Å². The lowest BCUT2D eigenvalue weighted by molar-refractivity contribution is 0.100. The molecule has 2 aromatic rings. The zero-order valence-electron chi connectivity index (χ0n) is 9.14. The predicted octanol–water partition coefficient (Wildman–Crippen LogP) is 2.04. The van der Waals surface area contributed by atoms with E-state index < -0.39 is 5.91 Å². The summed E-state index contributed by atoms with van der Waals surface area (Å²) in [5.74, 6) is -0.481. The third kappa shape index (κ3) is 2.57. The van der Waals surface area contributed by atoms with Gasteiger partial charge in [0, 0.05) is 11.4 Å². The molecule has 0 bridgehead atoms. The first-order valence-corrected chi connectivity index (χ1v) is 6.01. The number of hydrogen-bond acceptors (Lipinski definition) is 4. The van der Waals surface area contributed by atoms with Crippen molar-refractivity contribution in [1.29, 1.82) is 0 Å². The number of amides is 1. The molecule has 0 atom stereocenters. The molecular weight excluding hydrogens is 234 g/mol. The van der Waals surface area contributed by atoms with Crippen LogP contribution in [-0.2, 0) is 6.54 Å². The van der Waals surface area contributed by atoms with Crippen LogP contribution >= 0.6 is 11.3 Å². The minimum atomic E-state index is -0.481. The molecule has 1 aromatic heterocycles. The number of nitrogen functional groups attached to an aromatic ring is 1. The van der Waals surface area contributed by atoms with Crippen molar-refractivity contribution in [2.24, 2.45) is 5.73 Å². The van der Waals surface area contributed by atoms with Crippen LogP contribution in [-0.4, -0.2) is 5.91 Å². The first kappa shape index (κ1) is 11.5. The summed E-state index contributed by atoms with van der Waals surface area (Å²) in [6, 6.07) is 9.11. The molecule has 2 rings (SSSR count). The predicted molar refractivity (Wildman–Crippen MR) is 71.0 cm³/mol. The summed E-state index contributed by atoms with van der Waals surface area (Å²) < 4.78 is 0. The number of rotatable bonds is 4. The minimum absolute atomic E-state index is 0.418. The zero-order chi connectivity index (χ0) is 12.3. The molecule has 1 amide bonds. The summed E-state index contributed by atoms with van der Waals surface area (Å²) in [5.41, 5.74) is 12.7. The number of carbonyl (C=O) groups excluding carboxylic acids is 1. The van der Waals surface area contributed by atoms with Gasteiger partial charge in [-0.1, -0.05) is 12.1 Å². The fourth-order valence-electron chi connectivity index (χ4n) is 1.56. The van der Waals surface area contributed by atoms with Gasteiger partial charge in [0.2, 0.25) is 0 Å². The molecule has 1 heterocycles. The number of hydrogen-bond donors (Lipinski definition) is 3. The Balaban J connectivity index is 2.22. The Morgan fingerprint density at radius 1 is 1.29 bits per heavy atom. The summed E-state index contributed by atoms with van der Waals surface area (Å²) in [7, 11) is 0. The van der Waals surface area contributed by atoms with E-state index in [-0.39, 0.29) is 0 Å². The summed E-state index contributed by atoms with van der Waals surface area (Å²) in [6.45, 7) is 0.631. The van der Waals surface area contributed by atoms with E-state index in [9.17, 15) is 4.79 Å². The average molecular weight is 247 g/mol. The number of benzene rings is 1. The van der Waals surface area contributed by atoms with E-state index in [1.54, 1.807) is 29.5 Å². The Kier molecular flexibility index (Phi) is 3.30. The molecule has 88 valence electrons. The summed E-state index contributed by atoms with van der Waals surface area (Å²) in [6.07, 6.45) is 0. The number of para-hydroxylation sites is 1. The van der Waals surface area contributed by atoms with Gasteiger partial charge in [-0.25, -0.2) is 0 Å². The Morgan fingerprint density at radius 3 is 2.76 bits per heavy atom. The number of primary amides is 1. The molecule has 17 heavy (non-hydrogen) atoms. The largest absolute Gasteiger partial charge is 0.397 e. The van der Waals surface area contributed by atoms with Gasteiger partial charge in [0.05, 0.1) is 16.9 Å². The summed E-state index contributed by atoms with van der Waals surface area (Å²) in [5, 5.41) is 5.15. The van der Waals surface area contributed by atoms with Crippen LogP contribution in [0.1, 0.15) is 15.2 Å². The Labute approximate surface area is 103 Å². The molecule has 0 aliphatic carbocycles. The molecule has 0 fully saturated rings. The minimum Gasteiger partial charge on any atom is -0.397 e. The number of anilines is 2. The monoisotopic (exact) mass is 247 g/mol. The second kappa shape index (κ2) is 4.88. The lowest BCUT2D eigenvalue weighted by Crippen LogP contribution is -2.15. The lowest BCUT2D eigenvalue weighted by atomic mass is 10.1. The highest BCUT2D eigenvalue weighted by Crippen LogP contribution is 2.24. The van der Waals surface area contributed by atoms with Crippen LogP contribution < -0.4 is 16.8 Å². The van der Waals surface area contributed by atoms with Gasteiger partial charge in [0.25, 0.3) is 5.91 Å². The van der Waals surface area contributed by atoms with Gasteiger partial charge in [-0.05, 0) is 23.6 Å². The van der Waals surface area contributed by atoms with Crippen molar-refractivity contribution < 1.29 is 4.79 Å². The quantitative estimate of drug-likeness (QED) is 0.723. The molecule has 0 saturated heterocycles. The first-order valence-electron chi connectivity index (χ1n) is 5.13. The van der Waals surface area contributed by atoms with Crippen LogP contribution in [0.2, 0.25) is 0 Å².